The van der Waals surface area contributed by atoms with Gasteiger partial charge in [0.25, 0.3) is 0 Å². The van der Waals surface area contributed by atoms with Crippen molar-refractivity contribution in [3.8, 4) is 11.5 Å². The van der Waals surface area contributed by atoms with Gasteiger partial charge in [-0.25, -0.2) is 0 Å². The Labute approximate surface area is 122 Å². The van der Waals surface area contributed by atoms with Crippen LogP contribution in [0.4, 0.5) is 11.5 Å². The molecule has 3 aromatic rings. The Morgan fingerprint density at radius 3 is 2.57 bits per heavy atom. The first-order valence-electron chi connectivity index (χ1n) is 6.65. The van der Waals surface area contributed by atoms with E-state index in [1.165, 1.54) is 5.56 Å². The molecule has 21 heavy (non-hydrogen) atoms. The first kappa shape index (κ1) is 13.3. The number of hydrogen-bond donors (Lipinski definition) is 2. The van der Waals surface area contributed by atoms with Gasteiger partial charge < -0.3 is 14.8 Å². The fourth-order valence-corrected chi connectivity index (χ4v) is 2.27. The van der Waals surface area contributed by atoms with Crippen molar-refractivity contribution in [2.45, 2.75) is 6.92 Å². The maximum absolute atomic E-state index is 5.31. The summed E-state index contributed by atoms with van der Waals surface area (Å²) in [4.78, 5) is 0. The third-order valence-corrected chi connectivity index (χ3v) is 3.36. The maximum atomic E-state index is 5.31. The van der Waals surface area contributed by atoms with Gasteiger partial charge in [0, 0.05) is 17.1 Å². The van der Waals surface area contributed by atoms with Crippen LogP contribution in [0.3, 0.4) is 0 Å². The van der Waals surface area contributed by atoms with Crippen LogP contribution in [-0.4, -0.2) is 24.4 Å². The van der Waals surface area contributed by atoms with E-state index in [2.05, 4.69) is 34.6 Å². The van der Waals surface area contributed by atoms with Crippen LogP contribution in [0.25, 0.3) is 10.9 Å². The topological polar surface area (TPSA) is 59.2 Å². The van der Waals surface area contributed by atoms with Crippen molar-refractivity contribution < 1.29 is 9.47 Å². The second-order valence-electron chi connectivity index (χ2n) is 4.82. The zero-order valence-electron chi connectivity index (χ0n) is 12.2. The monoisotopic (exact) mass is 283 g/mol. The van der Waals surface area contributed by atoms with Gasteiger partial charge in [-0.05, 0) is 31.2 Å². The predicted octanol–water partition coefficient (Wildman–Crippen LogP) is 3.63. The summed E-state index contributed by atoms with van der Waals surface area (Å²) in [5.41, 5.74) is 3.09. The average Bonchev–Trinajstić information content (AvgIpc) is 2.89. The van der Waals surface area contributed by atoms with Crippen molar-refractivity contribution in [2.24, 2.45) is 0 Å². The zero-order valence-corrected chi connectivity index (χ0v) is 12.2. The molecule has 5 nitrogen and oxygen atoms in total. The highest BCUT2D eigenvalue weighted by molar-refractivity contribution is 5.91. The molecular formula is C16H17N3O2. The first-order valence-corrected chi connectivity index (χ1v) is 6.65. The molecule has 0 amide bonds. The molecule has 3 rings (SSSR count). The Kier molecular flexibility index (Phi) is 3.39. The van der Waals surface area contributed by atoms with Crippen molar-refractivity contribution in [3.63, 3.8) is 0 Å². The molecule has 0 radical (unpaired) electrons. The highest BCUT2D eigenvalue weighted by Gasteiger charge is 2.08. The third-order valence-electron chi connectivity index (χ3n) is 3.36. The van der Waals surface area contributed by atoms with Crippen molar-refractivity contribution in [1.82, 2.24) is 10.2 Å². The molecule has 0 aliphatic rings. The standard InChI is InChI=1S/C16H17N3O2/c1-10-4-6-13-12(8-10)16(19-18-13)17-11-5-7-14(20-2)15(9-11)21-3/h4-9H,1-3H3,(H2,17,18,19). The smallest absolute Gasteiger partial charge is 0.162 e. The third kappa shape index (κ3) is 2.50. The van der Waals surface area contributed by atoms with Gasteiger partial charge in [-0.15, -0.1) is 0 Å². The molecule has 0 bridgehead atoms. The van der Waals surface area contributed by atoms with Gasteiger partial charge in [0.05, 0.1) is 19.7 Å². The summed E-state index contributed by atoms with van der Waals surface area (Å²) >= 11 is 0. The Morgan fingerprint density at radius 2 is 1.81 bits per heavy atom. The van der Waals surface area contributed by atoms with Crippen LogP contribution >= 0.6 is 0 Å². The minimum Gasteiger partial charge on any atom is -0.493 e. The number of anilines is 2. The number of ether oxygens (including phenoxy) is 2. The van der Waals surface area contributed by atoms with E-state index >= 15 is 0 Å². The molecule has 0 saturated heterocycles. The molecule has 0 fully saturated rings. The van der Waals surface area contributed by atoms with Crippen molar-refractivity contribution in [1.29, 1.82) is 0 Å². The molecule has 1 aromatic heterocycles. The van der Waals surface area contributed by atoms with Crippen LogP contribution in [0.2, 0.25) is 0 Å². The van der Waals surface area contributed by atoms with E-state index in [0.29, 0.717) is 11.5 Å². The van der Waals surface area contributed by atoms with E-state index in [1.807, 2.05) is 24.3 Å². The molecule has 0 unspecified atom stereocenters. The Morgan fingerprint density at radius 1 is 1.00 bits per heavy atom. The van der Waals surface area contributed by atoms with E-state index in [0.717, 1.165) is 22.4 Å². The second-order valence-corrected chi connectivity index (χ2v) is 4.82. The number of rotatable bonds is 4. The molecule has 0 aliphatic carbocycles. The number of H-pyrrole nitrogens is 1. The minimum atomic E-state index is 0.679. The van der Waals surface area contributed by atoms with E-state index < -0.39 is 0 Å². The van der Waals surface area contributed by atoms with Crippen LogP contribution in [-0.2, 0) is 0 Å². The molecule has 0 aliphatic heterocycles. The summed E-state index contributed by atoms with van der Waals surface area (Å²) in [6, 6.07) is 11.9. The van der Waals surface area contributed by atoms with Gasteiger partial charge in [0.1, 0.15) is 0 Å². The Balaban J connectivity index is 1.96. The van der Waals surface area contributed by atoms with Gasteiger partial charge in [-0.1, -0.05) is 11.6 Å². The van der Waals surface area contributed by atoms with Crippen LogP contribution in [0.15, 0.2) is 36.4 Å². The number of aromatic amines is 1. The van der Waals surface area contributed by atoms with E-state index in [1.54, 1.807) is 14.2 Å². The summed E-state index contributed by atoms with van der Waals surface area (Å²) < 4.78 is 10.5. The fraction of sp³-hybridized carbons (Fsp3) is 0.188. The Bertz CT molecular complexity index is 780. The summed E-state index contributed by atoms with van der Waals surface area (Å²) in [7, 11) is 3.24. The molecule has 108 valence electrons. The van der Waals surface area contributed by atoms with Gasteiger partial charge in [-0.2, -0.15) is 5.10 Å². The summed E-state index contributed by atoms with van der Waals surface area (Å²) in [5.74, 6) is 2.17. The lowest BCUT2D eigenvalue weighted by molar-refractivity contribution is 0.355. The number of nitrogens with zero attached hydrogens (tertiary/aromatic N) is 1. The zero-order chi connectivity index (χ0) is 14.8. The van der Waals surface area contributed by atoms with Crippen LogP contribution < -0.4 is 14.8 Å². The molecule has 0 spiro atoms. The lowest BCUT2D eigenvalue weighted by atomic mass is 10.2. The van der Waals surface area contributed by atoms with E-state index in [4.69, 9.17) is 9.47 Å². The second kappa shape index (κ2) is 5.36. The highest BCUT2D eigenvalue weighted by atomic mass is 16.5. The maximum Gasteiger partial charge on any atom is 0.162 e. The Hall–Kier alpha value is -2.69. The molecular weight excluding hydrogens is 266 g/mol. The van der Waals surface area contributed by atoms with Crippen LogP contribution in [0, 0.1) is 6.92 Å². The molecule has 2 N–H and O–H groups in total. The molecule has 5 heteroatoms. The number of benzene rings is 2. The normalized spacial score (nSPS) is 10.6. The van der Waals surface area contributed by atoms with Crippen molar-refractivity contribution in [2.75, 3.05) is 19.5 Å². The molecule has 1 heterocycles. The number of aromatic nitrogens is 2. The van der Waals surface area contributed by atoms with Gasteiger partial charge >= 0.3 is 0 Å². The van der Waals surface area contributed by atoms with E-state index in [-0.39, 0.29) is 0 Å². The van der Waals surface area contributed by atoms with Crippen LogP contribution in [0.1, 0.15) is 5.56 Å². The minimum absolute atomic E-state index is 0.679. The molecule has 0 saturated carbocycles. The predicted molar refractivity (Wildman–Crippen MR) is 83.7 cm³/mol. The lowest BCUT2D eigenvalue weighted by Gasteiger charge is -2.10. The molecule has 2 aromatic carbocycles. The van der Waals surface area contributed by atoms with Gasteiger partial charge in [0.15, 0.2) is 17.3 Å². The summed E-state index contributed by atoms with van der Waals surface area (Å²) in [6.07, 6.45) is 0. The number of fused-ring (bicyclic) bond motifs is 1. The summed E-state index contributed by atoms with van der Waals surface area (Å²) in [5, 5.41) is 11.7. The number of hydrogen-bond acceptors (Lipinski definition) is 4. The fourth-order valence-electron chi connectivity index (χ4n) is 2.27. The number of aryl methyl sites for hydroxylation is 1. The van der Waals surface area contributed by atoms with Gasteiger partial charge in [-0.3, -0.25) is 5.10 Å². The molecule has 0 atom stereocenters. The summed E-state index contributed by atoms with van der Waals surface area (Å²) in [6.45, 7) is 2.06. The number of nitrogens with one attached hydrogen (secondary N) is 2. The van der Waals surface area contributed by atoms with E-state index in [9.17, 15) is 0 Å². The highest BCUT2D eigenvalue weighted by Crippen LogP contribution is 2.32. The lowest BCUT2D eigenvalue weighted by Crippen LogP contribution is -1.95. The first-order chi connectivity index (χ1) is 10.2. The average molecular weight is 283 g/mol. The largest absolute Gasteiger partial charge is 0.493 e. The SMILES string of the molecule is COc1ccc(Nc2n[nH]c3ccc(C)cc23)cc1OC. The van der Waals surface area contributed by atoms with Crippen molar-refractivity contribution >= 4 is 22.4 Å². The quantitative estimate of drug-likeness (QED) is 0.767. The van der Waals surface area contributed by atoms with Crippen molar-refractivity contribution in [3.05, 3.63) is 42.0 Å². The number of methoxy groups -OCH3 is 2. The van der Waals surface area contributed by atoms with Gasteiger partial charge in [0.2, 0.25) is 0 Å². The van der Waals surface area contributed by atoms with Crippen LogP contribution in [0.5, 0.6) is 11.5 Å².